The number of halogens is 1. The van der Waals surface area contributed by atoms with Crippen molar-refractivity contribution in [3.63, 3.8) is 0 Å². The van der Waals surface area contributed by atoms with Gasteiger partial charge in [-0.1, -0.05) is 12.2 Å². The van der Waals surface area contributed by atoms with Crippen LogP contribution in [0.1, 0.15) is 0 Å². The van der Waals surface area contributed by atoms with Crippen LogP contribution in [0.2, 0.25) is 0 Å². The standard InChI is InChI=1S/C9H8IN/c10-8-4-3-7-11-6-2-1-5-9(8)11/h1-6H,7H2. The van der Waals surface area contributed by atoms with Gasteiger partial charge in [-0.25, -0.2) is 0 Å². The molecule has 2 rings (SSSR count). The van der Waals surface area contributed by atoms with Crippen LogP contribution in [0.5, 0.6) is 0 Å². The SMILES string of the molecule is IC1=C2C=CC=CN2CC=C1. The maximum Gasteiger partial charge on any atom is 0.0544 e. The first-order chi connectivity index (χ1) is 5.38. The highest BCUT2D eigenvalue weighted by atomic mass is 127. The molecule has 0 aliphatic carbocycles. The van der Waals surface area contributed by atoms with Crippen molar-refractivity contribution in [3.8, 4) is 0 Å². The average Bonchev–Trinajstić information content (AvgIpc) is 2.06. The zero-order valence-corrected chi connectivity index (χ0v) is 8.15. The molecule has 2 aliphatic heterocycles. The summed E-state index contributed by atoms with van der Waals surface area (Å²) in [6, 6.07) is 0. The summed E-state index contributed by atoms with van der Waals surface area (Å²) in [5, 5.41) is 0. The quantitative estimate of drug-likeness (QED) is 0.603. The maximum absolute atomic E-state index is 2.36. The molecule has 0 amide bonds. The minimum Gasteiger partial charge on any atom is -0.343 e. The highest BCUT2D eigenvalue weighted by Gasteiger charge is 2.10. The Bertz CT molecular complexity index is 284. The molecule has 0 aromatic rings. The predicted molar refractivity (Wildman–Crippen MR) is 55.2 cm³/mol. The molecule has 0 atom stereocenters. The van der Waals surface area contributed by atoms with E-state index in [2.05, 4.69) is 64.1 Å². The highest BCUT2D eigenvalue weighted by molar-refractivity contribution is 14.1. The summed E-state index contributed by atoms with van der Waals surface area (Å²) in [5.74, 6) is 0. The molecule has 0 saturated carbocycles. The van der Waals surface area contributed by atoms with Crippen molar-refractivity contribution in [2.45, 2.75) is 0 Å². The number of allylic oxidation sites excluding steroid dienone is 5. The van der Waals surface area contributed by atoms with E-state index in [-0.39, 0.29) is 0 Å². The Morgan fingerprint density at radius 1 is 1.27 bits per heavy atom. The predicted octanol–water partition coefficient (Wildman–Crippen LogP) is 2.59. The van der Waals surface area contributed by atoms with Crippen LogP contribution in [-0.4, -0.2) is 11.4 Å². The molecule has 2 heteroatoms. The molecule has 56 valence electrons. The van der Waals surface area contributed by atoms with Crippen LogP contribution in [0, 0.1) is 0 Å². The summed E-state index contributed by atoms with van der Waals surface area (Å²) < 4.78 is 1.31. The largest absolute Gasteiger partial charge is 0.343 e. The monoisotopic (exact) mass is 257 g/mol. The van der Waals surface area contributed by atoms with Crippen LogP contribution in [0.25, 0.3) is 0 Å². The molecule has 0 spiro atoms. The van der Waals surface area contributed by atoms with E-state index in [9.17, 15) is 0 Å². The van der Waals surface area contributed by atoms with Gasteiger partial charge in [-0.15, -0.1) is 0 Å². The Kier molecular flexibility index (Phi) is 1.85. The molecule has 0 N–H and O–H groups in total. The Hall–Kier alpha value is -0.510. The fourth-order valence-electron chi connectivity index (χ4n) is 1.21. The zero-order valence-electron chi connectivity index (χ0n) is 6.00. The topological polar surface area (TPSA) is 3.24 Å². The lowest BCUT2D eigenvalue weighted by molar-refractivity contribution is 0.523. The molecule has 0 saturated heterocycles. The van der Waals surface area contributed by atoms with Crippen LogP contribution in [0.4, 0.5) is 0 Å². The van der Waals surface area contributed by atoms with Crippen LogP contribution in [0.15, 0.2) is 45.9 Å². The molecule has 2 heterocycles. The lowest BCUT2D eigenvalue weighted by Gasteiger charge is -2.25. The lowest BCUT2D eigenvalue weighted by Crippen LogP contribution is -2.19. The van der Waals surface area contributed by atoms with Gasteiger partial charge >= 0.3 is 0 Å². The van der Waals surface area contributed by atoms with Gasteiger partial charge in [0.25, 0.3) is 0 Å². The molecule has 0 unspecified atom stereocenters. The summed E-state index contributed by atoms with van der Waals surface area (Å²) in [5.41, 5.74) is 1.32. The van der Waals surface area contributed by atoms with E-state index in [0.29, 0.717) is 0 Å². The Morgan fingerprint density at radius 3 is 3.00 bits per heavy atom. The summed E-state index contributed by atoms with van der Waals surface area (Å²) >= 11 is 2.36. The van der Waals surface area contributed by atoms with E-state index in [1.807, 2.05) is 0 Å². The summed E-state index contributed by atoms with van der Waals surface area (Å²) in [6.45, 7) is 1.00. The third kappa shape index (κ3) is 1.27. The van der Waals surface area contributed by atoms with Crippen molar-refractivity contribution in [2.24, 2.45) is 0 Å². The van der Waals surface area contributed by atoms with Gasteiger partial charge in [-0.3, -0.25) is 0 Å². The van der Waals surface area contributed by atoms with E-state index < -0.39 is 0 Å². The number of rotatable bonds is 0. The van der Waals surface area contributed by atoms with E-state index >= 15 is 0 Å². The summed E-state index contributed by atoms with van der Waals surface area (Å²) in [6.07, 6.45) is 12.7. The number of hydrogen-bond donors (Lipinski definition) is 0. The maximum atomic E-state index is 2.36. The van der Waals surface area contributed by atoms with Gasteiger partial charge in [-0.2, -0.15) is 0 Å². The molecule has 2 aliphatic rings. The van der Waals surface area contributed by atoms with Gasteiger partial charge in [-0.05, 0) is 40.8 Å². The van der Waals surface area contributed by atoms with Gasteiger partial charge in [0.2, 0.25) is 0 Å². The van der Waals surface area contributed by atoms with Crippen LogP contribution in [-0.2, 0) is 0 Å². The van der Waals surface area contributed by atoms with E-state index in [0.717, 1.165) is 6.54 Å². The first kappa shape index (κ1) is 7.16. The molecule has 0 radical (unpaired) electrons. The molecular formula is C9H8IN. The van der Waals surface area contributed by atoms with Gasteiger partial charge in [0, 0.05) is 16.3 Å². The molecule has 1 nitrogen and oxygen atoms in total. The molecule has 0 bridgehead atoms. The minimum absolute atomic E-state index is 1.00. The number of fused-ring (bicyclic) bond motifs is 1. The van der Waals surface area contributed by atoms with Crippen molar-refractivity contribution < 1.29 is 0 Å². The van der Waals surface area contributed by atoms with Crippen LogP contribution in [0.3, 0.4) is 0 Å². The van der Waals surface area contributed by atoms with Gasteiger partial charge in [0.15, 0.2) is 0 Å². The first-order valence-corrected chi connectivity index (χ1v) is 4.63. The zero-order chi connectivity index (χ0) is 7.68. The third-order valence-corrected chi connectivity index (χ3v) is 2.66. The lowest BCUT2D eigenvalue weighted by atomic mass is 10.2. The van der Waals surface area contributed by atoms with Crippen molar-refractivity contribution in [1.29, 1.82) is 0 Å². The molecule has 0 aromatic heterocycles. The van der Waals surface area contributed by atoms with Crippen LogP contribution < -0.4 is 0 Å². The van der Waals surface area contributed by atoms with E-state index in [4.69, 9.17) is 0 Å². The fraction of sp³-hybridized carbons (Fsp3) is 0.111. The normalized spacial score (nSPS) is 21.0. The van der Waals surface area contributed by atoms with Gasteiger partial charge < -0.3 is 4.90 Å². The van der Waals surface area contributed by atoms with Crippen molar-refractivity contribution >= 4 is 22.6 Å². The Labute approximate surface area is 79.9 Å². The molecule has 11 heavy (non-hydrogen) atoms. The smallest absolute Gasteiger partial charge is 0.0544 e. The Morgan fingerprint density at radius 2 is 2.18 bits per heavy atom. The van der Waals surface area contributed by atoms with Crippen LogP contribution >= 0.6 is 22.6 Å². The van der Waals surface area contributed by atoms with Crippen molar-refractivity contribution in [3.05, 3.63) is 45.9 Å². The molecule has 0 aromatic carbocycles. The van der Waals surface area contributed by atoms with Crippen molar-refractivity contribution in [1.82, 2.24) is 4.90 Å². The average molecular weight is 257 g/mol. The van der Waals surface area contributed by atoms with Gasteiger partial charge in [0.05, 0.1) is 5.70 Å². The number of hydrogen-bond acceptors (Lipinski definition) is 1. The second-order valence-electron chi connectivity index (χ2n) is 2.49. The molecule has 0 fully saturated rings. The van der Waals surface area contributed by atoms with Gasteiger partial charge in [0.1, 0.15) is 0 Å². The second-order valence-corrected chi connectivity index (χ2v) is 3.65. The minimum atomic E-state index is 1.00. The highest BCUT2D eigenvalue weighted by Crippen LogP contribution is 2.25. The Balaban J connectivity index is 2.43. The fourth-order valence-corrected chi connectivity index (χ4v) is 1.95. The molecular weight excluding hydrogens is 249 g/mol. The summed E-state index contributed by atoms with van der Waals surface area (Å²) in [7, 11) is 0. The second kappa shape index (κ2) is 2.85. The number of nitrogens with zero attached hydrogens (tertiary/aromatic N) is 1. The first-order valence-electron chi connectivity index (χ1n) is 3.56. The van der Waals surface area contributed by atoms with E-state index in [1.54, 1.807) is 0 Å². The van der Waals surface area contributed by atoms with E-state index in [1.165, 1.54) is 9.28 Å². The van der Waals surface area contributed by atoms with Crippen molar-refractivity contribution in [2.75, 3.05) is 6.54 Å². The summed E-state index contributed by atoms with van der Waals surface area (Å²) in [4.78, 5) is 2.24. The third-order valence-electron chi connectivity index (χ3n) is 1.75.